The second-order valence-corrected chi connectivity index (χ2v) is 7.85. The van der Waals surface area contributed by atoms with Gasteiger partial charge in [-0.15, -0.1) is 11.3 Å². The first-order chi connectivity index (χ1) is 14.0. The number of benzene rings is 1. The summed E-state index contributed by atoms with van der Waals surface area (Å²) in [6, 6.07) is 5.37. The molecule has 2 heterocycles. The lowest BCUT2D eigenvalue weighted by Gasteiger charge is -2.14. The third-order valence-corrected chi connectivity index (χ3v) is 6.11. The number of hydrogen-bond acceptors (Lipinski definition) is 8. The number of aromatic nitrogens is 2. The molecule has 0 radical (unpaired) electrons. The zero-order valence-corrected chi connectivity index (χ0v) is 18.1. The molecule has 1 aromatic carbocycles. The molecule has 2 aromatic heterocycles. The molecule has 0 aliphatic heterocycles. The fourth-order valence-corrected chi connectivity index (χ4v) is 4.32. The van der Waals surface area contributed by atoms with Crippen LogP contribution in [0.1, 0.15) is 5.56 Å². The molecular formula is C19H21N3O5S2. The number of amides is 1. The number of hydrogen-bond donors (Lipinski definition) is 1. The minimum Gasteiger partial charge on any atom is -0.493 e. The maximum atomic E-state index is 12.3. The van der Waals surface area contributed by atoms with Gasteiger partial charge in [-0.05, 0) is 29.1 Å². The summed E-state index contributed by atoms with van der Waals surface area (Å²) in [5.41, 5.74) is 1.35. The monoisotopic (exact) mass is 435 g/mol. The molecule has 0 unspecified atom stereocenters. The Morgan fingerprint density at radius 2 is 1.90 bits per heavy atom. The average molecular weight is 436 g/mol. The zero-order valence-electron chi connectivity index (χ0n) is 16.5. The van der Waals surface area contributed by atoms with Gasteiger partial charge in [-0.2, -0.15) is 0 Å². The summed E-state index contributed by atoms with van der Waals surface area (Å²) < 4.78 is 18.0. The van der Waals surface area contributed by atoms with Crippen molar-refractivity contribution < 1.29 is 19.0 Å². The summed E-state index contributed by atoms with van der Waals surface area (Å²) in [5.74, 6) is 1.50. The first-order valence-electron chi connectivity index (χ1n) is 8.61. The summed E-state index contributed by atoms with van der Waals surface area (Å²) in [5, 5.41) is 5.19. The summed E-state index contributed by atoms with van der Waals surface area (Å²) in [6.45, 7) is 0.298. The molecule has 0 fully saturated rings. The maximum absolute atomic E-state index is 12.3. The minimum atomic E-state index is -0.177. The Bertz CT molecular complexity index is 1070. The van der Waals surface area contributed by atoms with Gasteiger partial charge in [-0.25, -0.2) is 4.98 Å². The normalized spacial score (nSPS) is 10.8. The zero-order chi connectivity index (χ0) is 21.0. The molecule has 0 saturated carbocycles. The molecule has 1 amide bonds. The number of rotatable bonds is 8. The van der Waals surface area contributed by atoms with E-state index in [4.69, 9.17) is 14.2 Å². The maximum Gasteiger partial charge on any atom is 0.271 e. The molecular weight excluding hydrogens is 414 g/mol. The Morgan fingerprint density at radius 1 is 1.21 bits per heavy atom. The predicted molar refractivity (Wildman–Crippen MR) is 114 cm³/mol. The van der Waals surface area contributed by atoms with E-state index in [-0.39, 0.29) is 17.2 Å². The van der Waals surface area contributed by atoms with Crippen LogP contribution in [0.3, 0.4) is 0 Å². The molecule has 0 atom stereocenters. The van der Waals surface area contributed by atoms with Crippen LogP contribution in [-0.2, 0) is 18.4 Å². The largest absolute Gasteiger partial charge is 0.493 e. The van der Waals surface area contributed by atoms with Crippen LogP contribution in [0.2, 0.25) is 0 Å². The van der Waals surface area contributed by atoms with Crippen molar-refractivity contribution in [1.82, 2.24) is 14.9 Å². The van der Waals surface area contributed by atoms with Crippen molar-refractivity contribution in [3.63, 3.8) is 0 Å². The van der Waals surface area contributed by atoms with Crippen molar-refractivity contribution in [2.24, 2.45) is 7.05 Å². The van der Waals surface area contributed by atoms with Crippen molar-refractivity contribution in [2.75, 3.05) is 27.1 Å². The van der Waals surface area contributed by atoms with Gasteiger partial charge in [0.1, 0.15) is 4.70 Å². The number of thiophene rings is 1. The fraction of sp³-hybridized carbons (Fsp3) is 0.316. The number of ether oxygens (including phenoxy) is 3. The third-order valence-electron chi connectivity index (χ3n) is 4.19. The predicted octanol–water partition coefficient (Wildman–Crippen LogP) is 2.43. The Kier molecular flexibility index (Phi) is 6.65. The lowest BCUT2D eigenvalue weighted by atomic mass is 10.2. The Balaban J connectivity index is 1.65. The van der Waals surface area contributed by atoms with Crippen LogP contribution >= 0.6 is 23.1 Å². The van der Waals surface area contributed by atoms with Gasteiger partial charge in [0, 0.05) is 13.6 Å². The van der Waals surface area contributed by atoms with E-state index >= 15 is 0 Å². The van der Waals surface area contributed by atoms with E-state index < -0.39 is 0 Å². The van der Waals surface area contributed by atoms with Crippen molar-refractivity contribution in [3.05, 3.63) is 39.5 Å². The van der Waals surface area contributed by atoms with Crippen LogP contribution in [0.5, 0.6) is 17.2 Å². The van der Waals surface area contributed by atoms with E-state index in [0.717, 1.165) is 5.56 Å². The van der Waals surface area contributed by atoms with Crippen molar-refractivity contribution in [1.29, 1.82) is 0 Å². The number of thioether (sulfide) groups is 1. The van der Waals surface area contributed by atoms with Crippen molar-refractivity contribution >= 4 is 39.2 Å². The number of nitrogens with zero attached hydrogens (tertiary/aromatic N) is 2. The van der Waals surface area contributed by atoms with Gasteiger partial charge in [-0.3, -0.25) is 14.2 Å². The van der Waals surface area contributed by atoms with Gasteiger partial charge in [0.25, 0.3) is 5.56 Å². The molecule has 154 valence electrons. The number of carbonyl (C=O) groups excluding carboxylic acids is 1. The van der Waals surface area contributed by atoms with Gasteiger partial charge in [0.05, 0.1) is 32.6 Å². The molecule has 1 N–H and O–H groups in total. The molecule has 0 spiro atoms. The quantitative estimate of drug-likeness (QED) is 0.429. The summed E-state index contributed by atoms with van der Waals surface area (Å²) >= 11 is 2.58. The molecule has 0 bridgehead atoms. The molecule has 0 aliphatic carbocycles. The summed E-state index contributed by atoms with van der Waals surface area (Å²) in [7, 11) is 6.27. The van der Waals surface area contributed by atoms with Crippen molar-refractivity contribution in [2.45, 2.75) is 11.7 Å². The van der Waals surface area contributed by atoms with Crippen LogP contribution in [0.15, 0.2) is 33.5 Å². The standard InChI is InChI=1S/C19H21N3O5S2/c1-22-18(24)17-12(5-6-28-17)21-19(22)29-10-15(23)20-9-11-7-13(25-2)16(27-4)14(8-11)26-3/h5-8H,9-10H2,1-4H3,(H,20,23). The van der Waals surface area contributed by atoms with E-state index in [1.807, 2.05) is 5.38 Å². The molecule has 10 heteroatoms. The highest BCUT2D eigenvalue weighted by Crippen LogP contribution is 2.38. The van der Waals surface area contributed by atoms with E-state index in [1.54, 1.807) is 25.2 Å². The number of fused-ring (bicyclic) bond motifs is 1. The Morgan fingerprint density at radius 3 is 2.52 bits per heavy atom. The highest BCUT2D eigenvalue weighted by Gasteiger charge is 2.15. The van der Waals surface area contributed by atoms with Gasteiger partial charge in [0.15, 0.2) is 16.7 Å². The average Bonchev–Trinajstić information content (AvgIpc) is 3.21. The molecule has 3 aromatic rings. The topological polar surface area (TPSA) is 91.7 Å². The fourth-order valence-electron chi connectivity index (χ4n) is 2.72. The number of carbonyl (C=O) groups is 1. The van der Waals surface area contributed by atoms with Crippen LogP contribution in [-0.4, -0.2) is 42.5 Å². The number of nitrogens with one attached hydrogen (secondary N) is 1. The summed E-state index contributed by atoms with van der Waals surface area (Å²) in [6.07, 6.45) is 0. The van der Waals surface area contributed by atoms with Crippen LogP contribution in [0.4, 0.5) is 0 Å². The van der Waals surface area contributed by atoms with E-state index in [2.05, 4.69) is 10.3 Å². The lowest BCUT2D eigenvalue weighted by Crippen LogP contribution is -2.25. The smallest absolute Gasteiger partial charge is 0.271 e. The second kappa shape index (κ2) is 9.19. The van der Waals surface area contributed by atoms with Crippen molar-refractivity contribution in [3.8, 4) is 17.2 Å². The van der Waals surface area contributed by atoms with E-state index in [0.29, 0.717) is 39.2 Å². The van der Waals surface area contributed by atoms with Gasteiger partial charge in [-0.1, -0.05) is 11.8 Å². The molecule has 8 nitrogen and oxygen atoms in total. The molecule has 0 aliphatic rings. The molecule has 0 saturated heterocycles. The minimum absolute atomic E-state index is 0.106. The highest BCUT2D eigenvalue weighted by molar-refractivity contribution is 7.99. The van der Waals surface area contributed by atoms with Crippen LogP contribution in [0, 0.1) is 0 Å². The lowest BCUT2D eigenvalue weighted by molar-refractivity contribution is -0.118. The van der Waals surface area contributed by atoms with Crippen LogP contribution < -0.4 is 25.1 Å². The molecule has 29 heavy (non-hydrogen) atoms. The second-order valence-electron chi connectivity index (χ2n) is 5.99. The van der Waals surface area contributed by atoms with E-state index in [1.165, 1.54) is 49.0 Å². The highest BCUT2D eigenvalue weighted by atomic mass is 32.2. The third kappa shape index (κ3) is 4.48. The Labute approximate surface area is 175 Å². The van der Waals surface area contributed by atoms with Gasteiger partial charge in [0.2, 0.25) is 11.7 Å². The number of methoxy groups -OCH3 is 3. The van der Waals surface area contributed by atoms with Gasteiger partial charge >= 0.3 is 0 Å². The summed E-state index contributed by atoms with van der Waals surface area (Å²) in [4.78, 5) is 29.1. The van der Waals surface area contributed by atoms with Crippen LogP contribution in [0.25, 0.3) is 10.2 Å². The Hall–Kier alpha value is -2.72. The molecule has 3 rings (SSSR count). The van der Waals surface area contributed by atoms with Gasteiger partial charge < -0.3 is 19.5 Å². The SMILES string of the molecule is COc1cc(CNC(=O)CSc2nc3ccsc3c(=O)n2C)cc(OC)c1OC. The first-order valence-corrected chi connectivity index (χ1v) is 10.5. The van der Waals surface area contributed by atoms with E-state index in [9.17, 15) is 9.59 Å². The first kappa shape index (κ1) is 21.0.